The fourth-order valence-corrected chi connectivity index (χ4v) is 0.997. The number of nitrogens with one attached hydrogen (secondary N) is 1. The van der Waals surface area contributed by atoms with Gasteiger partial charge in [-0.1, -0.05) is 17.7 Å². The fraction of sp³-hybridized carbons (Fsp3) is 0.111. The molecule has 1 aromatic heterocycles. The van der Waals surface area contributed by atoms with Crippen molar-refractivity contribution >= 4 is 23.2 Å². The van der Waals surface area contributed by atoms with E-state index in [0.29, 0.717) is 17.3 Å². The van der Waals surface area contributed by atoms with E-state index in [-0.39, 0.29) is 5.91 Å². The quantitative estimate of drug-likeness (QED) is 0.595. The van der Waals surface area contributed by atoms with Gasteiger partial charge in [0, 0.05) is 18.3 Å². The van der Waals surface area contributed by atoms with Crippen molar-refractivity contribution < 1.29 is 4.79 Å². The summed E-state index contributed by atoms with van der Waals surface area (Å²) in [5.74, 6) is -0.114. The van der Waals surface area contributed by atoms with Crippen molar-refractivity contribution in [2.24, 2.45) is 0 Å². The Labute approximate surface area is 81.4 Å². The van der Waals surface area contributed by atoms with E-state index >= 15 is 0 Å². The highest BCUT2D eigenvalue weighted by molar-refractivity contribution is 6.29. The van der Waals surface area contributed by atoms with Gasteiger partial charge in [-0.05, 0) is 12.1 Å². The summed E-state index contributed by atoms with van der Waals surface area (Å²) in [6.45, 7) is 3.46. The van der Waals surface area contributed by atoms with Gasteiger partial charge in [0.1, 0.15) is 5.15 Å². The van der Waals surface area contributed by atoms with Gasteiger partial charge in [0.2, 0.25) is 5.91 Å². The van der Waals surface area contributed by atoms with Gasteiger partial charge < -0.3 is 5.32 Å². The van der Waals surface area contributed by atoms with Crippen LogP contribution >= 0.6 is 11.6 Å². The molecule has 1 aromatic rings. The fourth-order valence-electron chi connectivity index (χ4n) is 0.823. The first-order valence-electron chi connectivity index (χ1n) is 3.74. The number of nitrogens with zero attached hydrogens (tertiary/aromatic N) is 1. The monoisotopic (exact) mass is 196 g/mol. The molecule has 0 aromatic carbocycles. The highest BCUT2D eigenvalue weighted by atomic mass is 35.5. The molecule has 0 aliphatic rings. The lowest BCUT2D eigenvalue weighted by Crippen LogP contribution is -2.09. The zero-order chi connectivity index (χ0) is 9.68. The number of pyridine rings is 1. The third kappa shape index (κ3) is 3.25. The second kappa shape index (κ2) is 4.62. The summed E-state index contributed by atoms with van der Waals surface area (Å²) in [5, 5.41) is 3.01. The lowest BCUT2D eigenvalue weighted by Gasteiger charge is -2.02. The van der Waals surface area contributed by atoms with Crippen molar-refractivity contribution in [2.75, 3.05) is 5.32 Å². The Kier molecular flexibility index (Phi) is 3.46. The maximum Gasteiger partial charge on any atom is 0.228 e. The summed E-state index contributed by atoms with van der Waals surface area (Å²) in [7, 11) is 0. The Morgan fingerprint density at radius 3 is 3.15 bits per heavy atom. The Bertz CT molecular complexity index is 325. The van der Waals surface area contributed by atoms with E-state index in [1.54, 1.807) is 12.1 Å². The SMILES string of the molecule is C=CCC(=O)Nc1ccnc(Cl)c1. The first kappa shape index (κ1) is 9.74. The van der Waals surface area contributed by atoms with Crippen LogP contribution in [0.1, 0.15) is 6.42 Å². The number of anilines is 1. The zero-order valence-corrected chi connectivity index (χ0v) is 7.71. The standard InChI is InChI=1S/C9H9ClN2O/c1-2-3-9(13)12-7-4-5-11-8(10)6-7/h2,4-6H,1,3H2,(H,11,12,13). The molecule has 1 amide bonds. The largest absolute Gasteiger partial charge is 0.326 e. The molecular weight excluding hydrogens is 188 g/mol. The van der Waals surface area contributed by atoms with Crippen molar-refractivity contribution in [3.05, 3.63) is 36.1 Å². The highest BCUT2D eigenvalue weighted by Crippen LogP contribution is 2.11. The molecule has 1 rings (SSSR count). The van der Waals surface area contributed by atoms with Gasteiger partial charge in [0.15, 0.2) is 0 Å². The van der Waals surface area contributed by atoms with Crippen LogP contribution in [0.2, 0.25) is 5.15 Å². The highest BCUT2D eigenvalue weighted by Gasteiger charge is 1.99. The molecular formula is C9H9ClN2O. The van der Waals surface area contributed by atoms with Gasteiger partial charge in [-0.25, -0.2) is 4.98 Å². The lowest BCUT2D eigenvalue weighted by atomic mass is 10.3. The van der Waals surface area contributed by atoms with Crippen molar-refractivity contribution in [1.29, 1.82) is 0 Å². The molecule has 1 heterocycles. The minimum absolute atomic E-state index is 0.114. The van der Waals surface area contributed by atoms with Crippen LogP contribution in [0.3, 0.4) is 0 Å². The molecule has 0 atom stereocenters. The summed E-state index contributed by atoms with van der Waals surface area (Å²) in [4.78, 5) is 14.9. The molecule has 0 fully saturated rings. The summed E-state index contributed by atoms with van der Waals surface area (Å²) >= 11 is 5.62. The average Bonchev–Trinajstić information content (AvgIpc) is 2.04. The third-order valence-electron chi connectivity index (χ3n) is 1.34. The van der Waals surface area contributed by atoms with E-state index in [0.717, 1.165) is 0 Å². The average molecular weight is 197 g/mol. The topological polar surface area (TPSA) is 42.0 Å². The number of carbonyl (C=O) groups excluding carboxylic acids is 1. The molecule has 0 aliphatic heterocycles. The molecule has 68 valence electrons. The first-order valence-corrected chi connectivity index (χ1v) is 4.12. The van der Waals surface area contributed by atoms with Crippen LogP contribution in [0.4, 0.5) is 5.69 Å². The molecule has 3 nitrogen and oxygen atoms in total. The van der Waals surface area contributed by atoms with E-state index in [4.69, 9.17) is 11.6 Å². The smallest absolute Gasteiger partial charge is 0.228 e. The number of aromatic nitrogens is 1. The zero-order valence-electron chi connectivity index (χ0n) is 6.96. The predicted molar refractivity (Wildman–Crippen MR) is 52.7 cm³/mol. The molecule has 4 heteroatoms. The normalized spacial score (nSPS) is 9.31. The molecule has 0 radical (unpaired) electrons. The van der Waals surface area contributed by atoms with E-state index in [2.05, 4.69) is 16.9 Å². The predicted octanol–water partition coefficient (Wildman–Crippen LogP) is 2.25. The Morgan fingerprint density at radius 1 is 1.77 bits per heavy atom. The van der Waals surface area contributed by atoms with Gasteiger partial charge in [0.05, 0.1) is 0 Å². The van der Waals surface area contributed by atoms with Crippen LogP contribution in [-0.4, -0.2) is 10.9 Å². The molecule has 0 bridgehead atoms. The van der Waals surface area contributed by atoms with Crippen LogP contribution in [0.5, 0.6) is 0 Å². The van der Waals surface area contributed by atoms with E-state index in [9.17, 15) is 4.79 Å². The van der Waals surface area contributed by atoms with E-state index in [1.807, 2.05) is 0 Å². The number of rotatable bonds is 3. The summed E-state index contributed by atoms with van der Waals surface area (Å²) in [5.41, 5.74) is 0.645. The van der Waals surface area contributed by atoms with E-state index in [1.165, 1.54) is 12.3 Å². The van der Waals surface area contributed by atoms with Crippen molar-refractivity contribution in [1.82, 2.24) is 4.98 Å². The van der Waals surface area contributed by atoms with Crippen molar-refractivity contribution in [3.8, 4) is 0 Å². The van der Waals surface area contributed by atoms with E-state index < -0.39 is 0 Å². The summed E-state index contributed by atoms with van der Waals surface area (Å²) < 4.78 is 0. The van der Waals surface area contributed by atoms with Gasteiger partial charge >= 0.3 is 0 Å². The molecule has 0 unspecified atom stereocenters. The maximum atomic E-state index is 11.1. The number of amides is 1. The van der Waals surface area contributed by atoms with Gasteiger partial charge in [-0.3, -0.25) is 4.79 Å². The first-order chi connectivity index (χ1) is 6.22. The lowest BCUT2D eigenvalue weighted by molar-refractivity contribution is -0.115. The Morgan fingerprint density at radius 2 is 2.54 bits per heavy atom. The maximum absolute atomic E-state index is 11.1. The van der Waals surface area contributed by atoms with Crippen LogP contribution < -0.4 is 5.32 Å². The molecule has 0 saturated carbocycles. The van der Waals surface area contributed by atoms with Gasteiger partial charge in [-0.2, -0.15) is 0 Å². The van der Waals surface area contributed by atoms with Gasteiger partial charge in [0.25, 0.3) is 0 Å². The number of hydrogen-bond donors (Lipinski definition) is 1. The molecule has 1 N–H and O–H groups in total. The van der Waals surface area contributed by atoms with Crippen LogP contribution in [-0.2, 0) is 4.79 Å². The second-order valence-electron chi connectivity index (χ2n) is 2.41. The van der Waals surface area contributed by atoms with Crippen molar-refractivity contribution in [2.45, 2.75) is 6.42 Å². The minimum atomic E-state index is -0.114. The Hall–Kier alpha value is -1.35. The second-order valence-corrected chi connectivity index (χ2v) is 2.80. The minimum Gasteiger partial charge on any atom is -0.326 e. The summed E-state index contributed by atoms with van der Waals surface area (Å²) in [6.07, 6.45) is 3.37. The number of hydrogen-bond acceptors (Lipinski definition) is 2. The third-order valence-corrected chi connectivity index (χ3v) is 1.55. The van der Waals surface area contributed by atoms with Crippen molar-refractivity contribution in [3.63, 3.8) is 0 Å². The van der Waals surface area contributed by atoms with Gasteiger partial charge in [-0.15, -0.1) is 6.58 Å². The summed E-state index contributed by atoms with van der Waals surface area (Å²) in [6, 6.07) is 3.26. The van der Waals surface area contributed by atoms with Crippen LogP contribution in [0, 0.1) is 0 Å². The van der Waals surface area contributed by atoms with Crippen LogP contribution in [0.25, 0.3) is 0 Å². The Balaban J connectivity index is 2.63. The molecule has 0 saturated heterocycles. The van der Waals surface area contributed by atoms with Crippen LogP contribution in [0.15, 0.2) is 31.0 Å². The number of halogens is 1. The molecule has 0 spiro atoms. The number of carbonyl (C=O) groups is 1. The molecule has 13 heavy (non-hydrogen) atoms. The molecule has 0 aliphatic carbocycles.